The lowest BCUT2D eigenvalue weighted by Gasteiger charge is -2.07. The van der Waals surface area contributed by atoms with Gasteiger partial charge in [0.25, 0.3) is 0 Å². The number of aliphatic hydroxyl groups excluding tert-OH is 1. The van der Waals surface area contributed by atoms with Gasteiger partial charge < -0.3 is 10.8 Å². The SMILES string of the molecule is Cl.NC(CO)Cc1ccc(-c2nn[nH]n2)cc1. The fourth-order valence-electron chi connectivity index (χ4n) is 1.44. The Morgan fingerprint density at radius 2 is 2.00 bits per heavy atom. The van der Waals surface area contributed by atoms with Crippen LogP contribution in [0.5, 0.6) is 0 Å². The lowest BCUT2D eigenvalue weighted by atomic mass is 10.1. The topological polar surface area (TPSA) is 101 Å². The van der Waals surface area contributed by atoms with Crippen LogP contribution in [-0.2, 0) is 6.42 Å². The first-order valence-corrected chi connectivity index (χ1v) is 4.99. The summed E-state index contributed by atoms with van der Waals surface area (Å²) in [5, 5.41) is 22.5. The van der Waals surface area contributed by atoms with Crippen molar-refractivity contribution < 1.29 is 5.11 Å². The van der Waals surface area contributed by atoms with Gasteiger partial charge in [0, 0.05) is 11.6 Å². The molecule has 1 heterocycles. The Morgan fingerprint density at radius 3 is 2.53 bits per heavy atom. The van der Waals surface area contributed by atoms with E-state index in [0.29, 0.717) is 12.2 Å². The summed E-state index contributed by atoms with van der Waals surface area (Å²) in [4.78, 5) is 0. The number of nitrogens with two attached hydrogens (primary N) is 1. The van der Waals surface area contributed by atoms with Crippen LogP contribution in [0.25, 0.3) is 11.4 Å². The molecule has 0 radical (unpaired) electrons. The van der Waals surface area contributed by atoms with Gasteiger partial charge >= 0.3 is 0 Å². The molecule has 0 fully saturated rings. The quantitative estimate of drug-likeness (QED) is 0.722. The molecule has 7 heteroatoms. The van der Waals surface area contributed by atoms with Crippen molar-refractivity contribution in [3.63, 3.8) is 0 Å². The zero-order valence-electron chi connectivity index (χ0n) is 9.08. The number of H-pyrrole nitrogens is 1. The van der Waals surface area contributed by atoms with Crippen LogP contribution < -0.4 is 5.73 Å². The monoisotopic (exact) mass is 255 g/mol. The summed E-state index contributed by atoms with van der Waals surface area (Å²) in [7, 11) is 0. The van der Waals surface area contributed by atoms with Crippen LogP contribution in [0.15, 0.2) is 24.3 Å². The third-order valence-electron chi connectivity index (χ3n) is 2.29. The van der Waals surface area contributed by atoms with E-state index in [0.717, 1.165) is 11.1 Å². The zero-order chi connectivity index (χ0) is 11.4. The smallest absolute Gasteiger partial charge is 0.204 e. The highest BCUT2D eigenvalue weighted by molar-refractivity contribution is 5.85. The maximum atomic E-state index is 8.84. The zero-order valence-corrected chi connectivity index (χ0v) is 9.89. The van der Waals surface area contributed by atoms with Gasteiger partial charge in [0.2, 0.25) is 5.82 Å². The second-order valence-corrected chi connectivity index (χ2v) is 3.58. The number of rotatable bonds is 4. The Bertz CT molecular complexity index is 430. The minimum Gasteiger partial charge on any atom is -0.395 e. The molecule has 0 aliphatic rings. The number of tetrazole rings is 1. The van der Waals surface area contributed by atoms with E-state index in [1.54, 1.807) is 0 Å². The molecule has 0 spiro atoms. The number of aromatic nitrogens is 4. The first-order valence-electron chi connectivity index (χ1n) is 4.99. The Morgan fingerprint density at radius 1 is 1.29 bits per heavy atom. The number of aliphatic hydroxyl groups is 1. The van der Waals surface area contributed by atoms with Crippen molar-refractivity contribution in [1.82, 2.24) is 20.6 Å². The fourth-order valence-corrected chi connectivity index (χ4v) is 1.44. The number of nitrogens with zero attached hydrogens (tertiary/aromatic N) is 3. The number of aromatic amines is 1. The molecule has 17 heavy (non-hydrogen) atoms. The summed E-state index contributed by atoms with van der Waals surface area (Å²) in [6.45, 7) is -0.00735. The molecule has 6 nitrogen and oxygen atoms in total. The molecular weight excluding hydrogens is 242 g/mol. The number of halogens is 1. The predicted molar refractivity (Wildman–Crippen MR) is 65.6 cm³/mol. The van der Waals surface area contributed by atoms with Gasteiger partial charge in [0.1, 0.15) is 0 Å². The van der Waals surface area contributed by atoms with Crippen molar-refractivity contribution in [2.45, 2.75) is 12.5 Å². The van der Waals surface area contributed by atoms with E-state index < -0.39 is 0 Å². The number of benzene rings is 1. The lowest BCUT2D eigenvalue weighted by Crippen LogP contribution is -2.26. The minimum absolute atomic E-state index is 0. The molecule has 0 bridgehead atoms. The van der Waals surface area contributed by atoms with Crippen LogP contribution in [0.4, 0.5) is 0 Å². The van der Waals surface area contributed by atoms with Crippen LogP contribution in [-0.4, -0.2) is 38.4 Å². The second-order valence-electron chi connectivity index (χ2n) is 3.58. The molecule has 92 valence electrons. The molecule has 0 amide bonds. The molecular formula is C10H14ClN5O. The standard InChI is InChI=1S/C10H13N5O.ClH/c11-9(6-16)5-7-1-3-8(4-2-7)10-12-14-15-13-10;/h1-4,9,16H,5-6,11H2,(H,12,13,14,15);1H. The van der Waals surface area contributed by atoms with Crippen LogP contribution >= 0.6 is 12.4 Å². The largest absolute Gasteiger partial charge is 0.395 e. The summed E-state index contributed by atoms with van der Waals surface area (Å²) < 4.78 is 0. The Hall–Kier alpha value is -1.50. The van der Waals surface area contributed by atoms with E-state index >= 15 is 0 Å². The van der Waals surface area contributed by atoms with Gasteiger partial charge in [-0.15, -0.1) is 22.6 Å². The maximum absolute atomic E-state index is 8.84. The molecule has 1 aromatic heterocycles. The van der Waals surface area contributed by atoms with Crippen molar-refractivity contribution >= 4 is 12.4 Å². The molecule has 1 aromatic carbocycles. The molecule has 4 N–H and O–H groups in total. The highest BCUT2D eigenvalue weighted by atomic mass is 35.5. The van der Waals surface area contributed by atoms with E-state index in [9.17, 15) is 0 Å². The van der Waals surface area contributed by atoms with E-state index in [1.807, 2.05) is 24.3 Å². The van der Waals surface area contributed by atoms with Crippen LogP contribution in [0.3, 0.4) is 0 Å². The molecule has 0 aliphatic carbocycles. The summed E-state index contributed by atoms with van der Waals surface area (Å²) in [5.41, 5.74) is 7.62. The van der Waals surface area contributed by atoms with E-state index in [2.05, 4.69) is 20.6 Å². The summed E-state index contributed by atoms with van der Waals surface area (Å²) in [6.07, 6.45) is 0.656. The summed E-state index contributed by atoms with van der Waals surface area (Å²) >= 11 is 0. The van der Waals surface area contributed by atoms with Crippen molar-refractivity contribution in [1.29, 1.82) is 0 Å². The van der Waals surface area contributed by atoms with Crippen molar-refractivity contribution in [3.8, 4) is 11.4 Å². The number of nitrogens with one attached hydrogen (secondary N) is 1. The Labute approximate surface area is 105 Å². The normalized spacial score (nSPS) is 11.9. The Kier molecular flexibility index (Phi) is 5.02. The Balaban J connectivity index is 0.00000144. The first-order chi connectivity index (χ1) is 7.79. The van der Waals surface area contributed by atoms with Gasteiger partial charge in [0.05, 0.1) is 6.61 Å². The lowest BCUT2D eigenvalue weighted by molar-refractivity contribution is 0.265. The van der Waals surface area contributed by atoms with Crippen molar-refractivity contribution in [2.75, 3.05) is 6.61 Å². The van der Waals surface area contributed by atoms with Crippen LogP contribution in [0.1, 0.15) is 5.56 Å². The molecule has 0 saturated carbocycles. The molecule has 1 unspecified atom stereocenters. The summed E-state index contributed by atoms with van der Waals surface area (Å²) in [6, 6.07) is 7.49. The summed E-state index contributed by atoms with van der Waals surface area (Å²) in [5.74, 6) is 0.568. The van der Waals surface area contributed by atoms with Crippen LogP contribution in [0, 0.1) is 0 Å². The van der Waals surface area contributed by atoms with E-state index in [4.69, 9.17) is 10.8 Å². The van der Waals surface area contributed by atoms with E-state index in [1.165, 1.54) is 0 Å². The van der Waals surface area contributed by atoms with Gasteiger partial charge in [-0.05, 0) is 17.2 Å². The predicted octanol–water partition coefficient (Wildman–Crippen LogP) is 0.151. The number of hydrogen-bond donors (Lipinski definition) is 3. The van der Waals surface area contributed by atoms with Gasteiger partial charge in [-0.1, -0.05) is 24.3 Å². The first kappa shape index (κ1) is 13.6. The average molecular weight is 256 g/mol. The van der Waals surface area contributed by atoms with Gasteiger partial charge in [-0.3, -0.25) is 0 Å². The highest BCUT2D eigenvalue weighted by Gasteiger charge is 2.05. The molecule has 2 aromatic rings. The van der Waals surface area contributed by atoms with E-state index in [-0.39, 0.29) is 25.1 Å². The average Bonchev–Trinajstić information content (AvgIpc) is 2.83. The van der Waals surface area contributed by atoms with Gasteiger partial charge in [-0.2, -0.15) is 5.21 Å². The number of hydrogen-bond acceptors (Lipinski definition) is 5. The molecule has 1 atom stereocenters. The van der Waals surface area contributed by atoms with Crippen molar-refractivity contribution in [3.05, 3.63) is 29.8 Å². The third kappa shape index (κ3) is 3.48. The molecule has 0 saturated heterocycles. The maximum Gasteiger partial charge on any atom is 0.204 e. The highest BCUT2D eigenvalue weighted by Crippen LogP contribution is 2.14. The van der Waals surface area contributed by atoms with Gasteiger partial charge in [-0.25, -0.2) is 0 Å². The second kappa shape index (κ2) is 6.29. The van der Waals surface area contributed by atoms with Crippen molar-refractivity contribution in [2.24, 2.45) is 5.73 Å². The fraction of sp³-hybridized carbons (Fsp3) is 0.300. The van der Waals surface area contributed by atoms with Gasteiger partial charge in [0.15, 0.2) is 0 Å². The minimum atomic E-state index is -0.212. The van der Waals surface area contributed by atoms with Crippen LogP contribution in [0.2, 0.25) is 0 Å². The molecule has 0 aliphatic heterocycles. The molecule has 2 rings (SSSR count). The third-order valence-corrected chi connectivity index (χ3v) is 2.29.